The predicted molar refractivity (Wildman–Crippen MR) is 119 cm³/mol. The highest BCUT2D eigenvalue weighted by molar-refractivity contribution is 6.30. The van der Waals surface area contributed by atoms with Gasteiger partial charge in [0.1, 0.15) is 11.5 Å². The molecule has 2 aromatic rings. The van der Waals surface area contributed by atoms with Crippen LogP contribution in [0.4, 0.5) is 0 Å². The maximum Gasteiger partial charge on any atom is 0.220 e. The Labute approximate surface area is 191 Å². The van der Waals surface area contributed by atoms with Crippen LogP contribution in [0.15, 0.2) is 24.3 Å². The molecule has 1 amide bonds. The fourth-order valence-electron chi connectivity index (χ4n) is 5.04. The lowest BCUT2D eigenvalue weighted by Crippen LogP contribution is -2.67. The summed E-state index contributed by atoms with van der Waals surface area (Å²) in [6.07, 6.45) is 0.789. The van der Waals surface area contributed by atoms with Gasteiger partial charge in [0.25, 0.3) is 0 Å². The van der Waals surface area contributed by atoms with Crippen molar-refractivity contribution >= 4 is 17.5 Å². The van der Waals surface area contributed by atoms with Gasteiger partial charge in [0, 0.05) is 49.3 Å². The van der Waals surface area contributed by atoms with Gasteiger partial charge in [-0.15, -0.1) is 0 Å². The van der Waals surface area contributed by atoms with E-state index in [1.165, 1.54) is 26.4 Å². The van der Waals surface area contributed by atoms with Crippen molar-refractivity contribution in [2.24, 2.45) is 0 Å². The highest BCUT2D eigenvalue weighted by Crippen LogP contribution is 2.49. The molecule has 33 heavy (non-hydrogen) atoms. The van der Waals surface area contributed by atoms with Crippen LogP contribution in [0.2, 0.25) is 0 Å². The number of carbonyl (C=O) groups excluding carboxylic acids is 3. The lowest BCUT2D eigenvalue weighted by molar-refractivity contribution is -0.245. The fourth-order valence-corrected chi connectivity index (χ4v) is 5.04. The number of methoxy groups -OCH3 is 2. The first-order valence-corrected chi connectivity index (χ1v) is 10.8. The molecular weight excluding hydrogens is 426 g/mol. The second-order valence-electron chi connectivity index (χ2n) is 8.62. The SMILES string of the molecule is CCC(=O)NC1(C(C)(OC)OC)CCc2c(O)c3c(c(O)c2C1)C(=O)c1ccccc1C3=O. The summed E-state index contributed by atoms with van der Waals surface area (Å²) in [6.45, 7) is 3.41. The zero-order valence-electron chi connectivity index (χ0n) is 19.1. The third-order valence-electron chi connectivity index (χ3n) is 7.16. The largest absolute Gasteiger partial charge is 0.507 e. The molecule has 0 spiro atoms. The van der Waals surface area contributed by atoms with Crippen LogP contribution < -0.4 is 5.32 Å². The van der Waals surface area contributed by atoms with E-state index in [1.807, 2.05) is 0 Å². The quantitative estimate of drug-likeness (QED) is 0.401. The monoisotopic (exact) mass is 453 g/mol. The standard InChI is InChI=1S/C25H27NO7/c1-5-17(27)26-25(24(2,32-3)33-4)11-10-15-16(12-25)23(31)19-18(22(15)30)20(28)13-8-6-7-9-14(13)21(19)29/h6-9,30-31H,5,10-12H2,1-4H3,(H,26,27). The number of hydrogen-bond donors (Lipinski definition) is 3. The Morgan fingerprint density at radius 1 is 1.03 bits per heavy atom. The number of ketones is 2. The van der Waals surface area contributed by atoms with E-state index in [9.17, 15) is 24.6 Å². The van der Waals surface area contributed by atoms with Crippen LogP contribution in [0.5, 0.6) is 11.5 Å². The number of rotatable bonds is 5. The molecular formula is C25H27NO7. The molecule has 4 rings (SSSR count). The van der Waals surface area contributed by atoms with Gasteiger partial charge >= 0.3 is 0 Å². The number of carbonyl (C=O) groups is 3. The average molecular weight is 453 g/mol. The van der Waals surface area contributed by atoms with Crippen molar-refractivity contribution < 1.29 is 34.1 Å². The normalized spacial score (nSPS) is 19.5. The summed E-state index contributed by atoms with van der Waals surface area (Å²) in [6, 6.07) is 6.33. The molecule has 1 unspecified atom stereocenters. The van der Waals surface area contributed by atoms with Gasteiger partial charge in [-0.25, -0.2) is 0 Å². The summed E-state index contributed by atoms with van der Waals surface area (Å²) in [7, 11) is 2.92. The molecule has 2 aromatic carbocycles. The molecule has 0 aromatic heterocycles. The Balaban J connectivity index is 1.93. The minimum atomic E-state index is -1.26. The van der Waals surface area contributed by atoms with E-state index in [1.54, 1.807) is 26.0 Å². The summed E-state index contributed by atoms with van der Waals surface area (Å²) in [5, 5.41) is 25.4. The Hall–Kier alpha value is -3.23. The zero-order chi connectivity index (χ0) is 24.1. The molecule has 0 saturated carbocycles. The van der Waals surface area contributed by atoms with Crippen LogP contribution in [0.1, 0.15) is 69.7 Å². The van der Waals surface area contributed by atoms with Gasteiger partial charge < -0.3 is 25.0 Å². The van der Waals surface area contributed by atoms with Crippen LogP contribution >= 0.6 is 0 Å². The number of fused-ring (bicyclic) bond motifs is 3. The second kappa shape index (κ2) is 7.97. The van der Waals surface area contributed by atoms with Crippen molar-refractivity contribution in [1.82, 2.24) is 5.32 Å². The maximum absolute atomic E-state index is 13.3. The lowest BCUT2D eigenvalue weighted by atomic mass is 9.70. The Bertz CT molecular complexity index is 1180. The highest BCUT2D eigenvalue weighted by atomic mass is 16.7. The third-order valence-corrected chi connectivity index (χ3v) is 7.16. The highest BCUT2D eigenvalue weighted by Gasteiger charge is 2.53. The van der Waals surface area contributed by atoms with E-state index >= 15 is 0 Å². The molecule has 0 fully saturated rings. The van der Waals surface area contributed by atoms with Gasteiger partial charge in [-0.1, -0.05) is 31.2 Å². The molecule has 2 aliphatic rings. The van der Waals surface area contributed by atoms with Crippen molar-refractivity contribution in [3.63, 3.8) is 0 Å². The van der Waals surface area contributed by atoms with Gasteiger partial charge in [-0.3, -0.25) is 14.4 Å². The molecule has 0 aliphatic heterocycles. The third kappa shape index (κ3) is 3.16. The van der Waals surface area contributed by atoms with E-state index in [0.29, 0.717) is 12.0 Å². The topological polar surface area (TPSA) is 122 Å². The summed E-state index contributed by atoms with van der Waals surface area (Å²) in [5.74, 6) is -3.22. The first-order chi connectivity index (χ1) is 15.6. The zero-order valence-corrected chi connectivity index (χ0v) is 19.1. The van der Waals surface area contributed by atoms with Crippen molar-refractivity contribution in [2.45, 2.75) is 50.9 Å². The minimum absolute atomic E-state index is 0.0298. The first kappa shape index (κ1) is 22.9. The van der Waals surface area contributed by atoms with Gasteiger partial charge in [-0.2, -0.15) is 0 Å². The minimum Gasteiger partial charge on any atom is -0.507 e. The Morgan fingerprint density at radius 2 is 1.55 bits per heavy atom. The molecule has 0 saturated heterocycles. The van der Waals surface area contributed by atoms with Crippen LogP contribution in [-0.4, -0.2) is 53.2 Å². The van der Waals surface area contributed by atoms with Gasteiger partial charge in [-0.05, 0) is 19.8 Å². The molecule has 1 atom stereocenters. The number of ether oxygens (including phenoxy) is 2. The van der Waals surface area contributed by atoms with E-state index in [4.69, 9.17) is 9.47 Å². The number of nitrogens with one attached hydrogen (secondary N) is 1. The molecule has 8 heteroatoms. The molecule has 0 radical (unpaired) electrons. The van der Waals surface area contributed by atoms with Crippen LogP contribution in [0, 0.1) is 0 Å². The van der Waals surface area contributed by atoms with E-state index in [2.05, 4.69) is 5.32 Å². The summed E-state index contributed by atoms with van der Waals surface area (Å²) in [4.78, 5) is 38.9. The van der Waals surface area contributed by atoms with E-state index < -0.39 is 22.9 Å². The van der Waals surface area contributed by atoms with Gasteiger partial charge in [0.05, 0.1) is 16.7 Å². The van der Waals surface area contributed by atoms with Crippen LogP contribution in [0.25, 0.3) is 0 Å². The number of phenolic OH excluding ortho intramolecular Hbond substituents is 2. The van der Waals surface area contributed by atoms with Crippen molar-refractivity contribution in [1.29, 1.82) is 0 Å². The first-order valence-electron chi connectivity index (χ1n) is 10.8. The van der Waals surface area contributed by atoms with Crippen molar-refractivity contribution in [2.75, 3.05) is 14.2 Å². The molecule has 3 N–H and O–H groups in total. The Morgan fingerprint density at radius 3 is 2.03 bits per heavy atom. The molecule has 0 bridgehead atoms. The van der Waals surface area contributed by atoms with Crippen molar-refractivity contribution in [3.8, 4) is 11.5 Å². The van der Waals surface area contributed by atoms with Crippen LogP contribution in [-0.2, 0) is 27.1 Å². The van der Waals surface area contributed by atoms with Crippen LogP contribution in [0.3, 0.4) is 0 Å². The molecule has 2 aliphatic carbocycles. The molecule has 8 nitrogen and oxygen atoms in total. The molecule has 0 heterocycles. The van der Waals surface area contributed by atoms with Gasteiger partial charge in [0.2, 0.25) is 5.91 Å². The predicted octanol–water partition coefficient (Wildman–Crippen LogP) is 2.64. The number of benzene rings is 2. The summed E-state index contributed by atoms with van der Waals surface area (Å²) in [5.41, 5.74) is -0.460. The Kier molecular flexibility index (Phi) is 5.54. The van der Waals surface area contributed by atoms with E-state index in [-0.39, 0.29) is 64.5 Å². The second-order valence-corrected chi connectivity index (χ2v) is 8.62. The van der Waals surface area contributed by atoms with Crippen molar-refractivity contribution in [3.05, 3.63) is 57.6 Å². The number of phenols is 2. The number of aromatic hydroxyl groups is 2. The van der Waals surface area contributed by atoms with E-state index in [0.717, 1.165) is 0 Å². The smallest absolute Gasteiger partial charge is 0.220 e. The molecule has 174 valence electrons. The number of amides is 1. The van der Waals surface area contributed by atoms with Gasteiger partial charge in [0.15, 0.2) is 17.4 Å². The summed E-state index contributed by atoms with van der Waals surface area (Å²) < 4.78 is 11.3. The fraction of sp³-hybridized carbons (Fsp3) is 0.400. The average Bonchev–Trinajstić information content (AvgIpc) is 2.83. The number of hydrogen-bond acceptors (Lipinski definition) is 7. The maximum atomic E-state index is 13.3. The summed E-state index contributed by atoms with van der Waals surface area (Å²) >= 11 is 0. The lowest BCUT2D eigenvalue weighted by Gasteiger charge is -2.49.